The number of carbonyl (C=O) groups is 4. The fourth-order valence-corrected chi connectivity index (χ4v) is 13.4. The van der Waals surface area contributed by atoms with Gasteiger partial charge in [-0.25, -0.2) is 0 Å². The highest BCUT2D eigenvalue weighted by atomic mass is 16.2. The Morgan fingerprint density at radius 3 is 0.585 bits per heavy atom. The Labute approximate surface area is 587 Å². The van der Waals surface area contributed by atoms with Crippen LogP contribution < -0.4 is 26.6 Å². The smallest absolute Gasteiger partial charge is 0.221 e. The van der Waals surface area contributed by atoms with Gasteiger partial charge in [0.25, 0.3) is 0 Å². The summed E-state index contributed by atoms with van der Waals surface area (Å²) in [5, 5.41) is 16.3. The number of amides is 4. The van der Waals surface area contributed by atoms with Gasteiger partial charge in [0.1, 0.15) is 0 Å². The molecule has 11 nitrogen and oxygen atoms in total. The Hall–Kier alpha value is -2.24. The molecule has 0 saturated heterocycles. The van der Waals surface area contributed by atoms with Gasteiger partial charge in [-0.2, -0.15) is 0 Å². The lowest BCUT2D eigenvalue weighted by molar-refractivity contribution is -0.122. The standard InChI is InChI=1S/C83H167N7O4/c1-5-9-13-17-21-25-29-33-37-41-45-49-53-58-68-85-80(91)64-72-84-73-79-90(78-67-83(94)88-71-61-56-52-48-44-40-36-32-28-24-20-16-12-8-4)75-63-57-62-74-89(76-65-81(92)86-69-59-54-50-46-42-38-34-30-26-22-18-14-10-6-2)77-66-82(93)87-70-60-55-51-47-43-39-35-31-27-23-19-15-11-7-3/h84H,5-79H2,1-4H3,(H,85,91)(H,86,92)(H,87,93)(H,88,94). The molecular weight excluding hydrogens is 1160 g/mol. The van der Waals surface area contributed by atoms with Gasteiger partial charge in [-0.15, -0.1) is 0 Å². The number of rotatable bonds is 81. The Morgan fingerprint density at radius 2 is 0.362 bits per heavy atom. The monoisotopic (exact) mass is 1330 g/mol. The second kappa shape index (κ2) is 79.7. The average Bonchev–Trinajstić information content (AvgIpc) is 3.67. The van der Waals surface area contributed by atoms with Crippen LogP contribution in [-0.4, -0.2) is 112 Å². The molecule has 94 heavy (non-hydrogen) atoms. The maximum atomic E-state index is 13.2. The highest BCUT2D eigenvalue weighted by molar-refractivity contribution is 5.77. The second-order valence-electron chi connectivity index (χ2n) is 29.3. The zero-order chi connectivity index (χ0) is 68.0. The molecule has 0 heterocycles. The minimum Gasteiger partial charge on any atom is -0.356 e. The SMILES string of the molecule is CCCCCCCCCCCCCCCCNC(=O)CCNCCN(CCCCCN(CCC(=O)NCCCCCCCCCCCCCCCC)CCC(=O)NCCCCCCCCCCCCCCCC)CCC(=O)NCCCCCCCCCCCCCCCC. The number of hydrogen-bond donors (Lipinski definition) is 5. The van der Waals surface area contributed by atoms with E-state index in [-0.39, 0.29) is 23.6 Å². The number of unbranched alkanes of at least 4 members (excludes halogenated alkanes) is 54. The zero-order valence-corrected chi connectivity index (χ0v) is 64.1. The van der Waals surface area contributed by atoms with E-state index in [2.05, 4.69) is 64.1 Å². The normalized spacial score (nSPS) is 11.6. The van der Waals surface area contributed by atoms with Gasteiger partial charge in [0.05, 0.1) is 0 Å². The molecule has 0 rings (SSSR count). The lowest BCUT2D eigenvalue weighted by Gasteiger charge is -2.24. The van der Waals surface area contributed by atoms with Crippen LogP contribution in [0.2, 0.25) is 0 Å². The van der Waals surface area contributed by atoms with Crippen LogP contribution in [0.25, 0.3) is 0 Å². The molecule has 558 valence electrons. The number of nitrogens with zero attached hydrogens (tertiary/aromatic N) is 2. The molecule has 11 heteroatoms. The van der Waals surface area contributed by atoms with Gasteiger partial charge in [0.15, 0.2) is 0 Å². The maximum Gasteiger partial charge on any atom is 0.221 e. The van der Waals surface area contributed by atoms with Crippen molar-refractivity contribution in [1.82, 2.24) is 36.4 Å². The van der Waals surface area contributed by atoms with E-state index in [0.29, 0.717) is 45.3 Å². The molecule has 0 aromatic heterocycles. The van der Waals surface area contributed by atoms with Gasteiger partial charge in [0, 0.05) is 91.1 Å². The molecule has 0 fully saturated rings. The van der Waals surface area contributed by atoms with Crippen LogP contribution in [0.15, 0.2) is 0 Å². The Morgan fingerprint density at radius 1 is 0.181 bits per heavy atom. The first-order valence-electron chi connectivity index (χ1n) is 42.6. The van der Waals surface area contributed by atoms with Crippen LogP contribution >= 0.6 is 0 Å². The van der Waals surface area contributed by atoms with Crippen molar-refractivity contribution in [1.29, 1.82) is 0 Å². The Kier molecular flexibility index (Phi) is 77.8. The molecule has 0 aromatic carbocycles. The van der Waals surface area contributed by atoms with Crippen LogP contribution in [0.5, 0.6) is 0 Å². The second-order valence-corrected chi connectivity index (χ2v) is 29.3. The van der Waals surface area contributed by atoms with E-state index in [0.717, 1.165) is 104 Å². The van der Waals surface area contributed by atoms with Crippen molar-refractivity contribution in [3.05, 3.63) is 0 Å². The van der Waals surface area contributed by atoms with E-state index in [4.69, 9.17) is 0 Å². The minimum absolute atomic E-state index is 0.121. The lowest BCUT2D eigenvalue weighted by atomic mass is 10.0. The summed E-state index contributed by atoms with van der Waals surface area (Å²) in [6.07, 6.45) is 79.5. The maximum absolute atomic E-state index is 13.2. The molecule has 0 atom stereocenters. The minimum atomic E-state index is 0.121. The Balaban J connectivity index is 5.07. The fourth-order valence-electron chi connectivity index (χ4n) is 13.4. The van der Waals surface area contributed by atoms with Crippen molar-refractivity contribution >= 4 is 23.6 Å². The summed E-state index contributed by atoms with van der Waals surface area (Å²) < 4.78 is 0. The predicted octanol–water partition coefficient (Wildman–Crippen LogP) is 22.3. The number of hydrogen-bond acceptors (Lipinski definition) is 7. The van der Waals surface area contributed by atoms with Gasteiger partial charge < -0.3 is 36.4 Å². The van der Waals surface area contributed by atoms with Gasteiger partial charge in [-0.3, -0.25) is 19.2 Å². The van der Waals surface area contributed by atoms with Crippen molar-refractivity contribution in [2.75, 3.05) is 78.5 Å². The molecule has 0 spiro atoms. The average molecular weight is 1330 g/mol. The van der Waals surface area contributed by atoms with Crippen LogP contribution in [-0.2, 0) is 19.2 Å². The zero-order valence-electron chi connectivity index (χ0n) is 64.1. The molecule has 0 aliphatic heterocycles. The molecule has 0 unspecified atom stereocenters. The third kappa shape index (κ3) is 75.5. The van der Waals surface area contributed by atoms with E-state index >= 15 is 0 Å². The summed E-state index contributed by atoms with van der Waals surface area (Å²) >= 11 is 0. The fraction of sp³-hybridized carbons (Fsp3) is 0.952. The lowest BCUT2D eigenvalue weighted by Crippen LogP contribution is -2.37. The first-order valence-corrected chi connectivity index (χ1v) is 42.6. The summed E-state index contributed by atoms with van der Waals surface area (Å²) in [5.74, 6) is 0.516. The third-order valence-electron chi connectivity index (χ3n) is 20.0. The highest BCUT2D eigenvalue weighted by Gasteiger charge is 2.14. The molecule has 5 N–H and O–H groups in total. The summed E-state index contributed by atoms with van der Waals surface area (Å²) in [5.41, 5.74) is 0. The van der Waals surface area contributed by atoms with E-state index in [1.54, 1.807) is 0 Å². The topological polar surface area (TPSA) is 135 Å². The molecule has 0 aliphatic rings. The third-order valence-corrected chi connectivity index (χ3v) is 20.0. The summed E-state index contributed by atoms with van der Waals surface area (Å²) in [6.45, 7) is 18.3. The van der Waals surface area contributed by atoms with Crippen LogP contribution in [0.3, 0.4) is 0 Å². The quantitative estimate of drug-likeness (QED) is 0.0383. The van der Waals surface area contributed by atoms with Crippen molar-refractivity contribution in [3.63, 3.8) is 0 Å². The molecule has 0 aromatic rings. The van der Waals surface area contributed by atoms with Crippen LogP contribution in [0, 0.1) is 0 Å². The first-order chi connectivity index (χ1) is 46.4. The molecule has 0 bridgehead atoms. The van der Waals surface area contributed by atoms with E-state index < -0.39 is 0 Å². The van der Waals surface area contributed by atoms with Crippen molar-refractivity contribution in [3.8, 4) is 0 Å². The molecule has 0 saturated carbocycles. The summed E-state index contributed by atoms with van der Waals surface area (Å²) in [7, 11) is 0. The number of nitrogens with one attached hydrogen (secondary N) is 5. The Bertz CT molecular complexity index is 1490. The van der Waals surface area contributed by atoms with Crippen molar-refractivity contribution in [2.24, 2.45) is 0 Å². The van der Waals surface area contributed by atoms with E-state index in [1.807, 2.05) is 0 Å². The number of carbonyl (C=O) groups excluding carboxylic acids is 4. The van der Waals surface area contributed by atoms with Crippen LogP contribution in [0.1, 0.15) is 432 Å². The van der Waals surface area contributed by atoms with Gasteiger partial charge in [0.2, 0.25) is 23.6 Å². The predicted molar refractivity (Wildman–Crippen MR) is 411 cm³/mol. The van der Waals surface area contributed by atoms with Crippen molar-refractivity contribution in [2.45, 2.75) is 432 Å². The van der Waals surface area contributed by atoms with Gasteiger partial charge >= 0.3 is 0 Å². The largest absolute Gasteiger partial charge is 0.356 e. The molecular formula is C83H167N7O4. The highest BCUT2D eigenvalue weighted by Crippen LogP contribution is 2.18. The van der Waals surface area contributed by atoms with Gasteiger partial charge in [-0.1, -0.05) is 368 Å². The summed E-state index contributed by atoms with van der Waals surface area (Å²) in [4.78, 5) is 57.0. The summed E-state index contributed by atoms with van der Waals surface area (Å²) in [6, 6.07) is 0. The van der Waals surface area contributed by atoms with Crippen molar-refractivity contribution < 1.29 is 19.2 Å². The molecule has 0 radical (unpaired) electrons. The van der Waals surface area contributed by atoms with E-state index in [1.165, 1.54) is 334 Å². The van der Waals surface area contributed by atoms with Crippen LogP contribution in [0.4, 0.5) is 0 Å². The molecule has 0 aliphatic carbocycles. The van der Waals surface area contributed by atoms with Gasteiger partial charge in [-0.05, 0) is 51.6 Å². The van der Waals surface area contributed by atoms with E-state index in [9.17, 15) is 19.2 Å². The first kappa shape index (κ1) is 91.8. The molecule has 4 amide bonds.